The Morgan fingerprint density at radius 2 is 0.660 bits per heavy atom. The number of likely N-dealkylation sites (N-methyl/N-ethyl adjacent to an activating group) is 3. The van der Waals surface area contributed by atoms with Gasteiger partial charge in [0.1, 0.15) is 46.0 Å². The molecular weight excluding hydrogens is 1390 g/mol. The normalized spacial score (nSPS) is 19.8. The molecule has 516 valence electrons. The third-order valence-corrected chi connectivity index (χ3v) is 17.3. The summed E-state index contributed by atoms with van der Waals surface area (Å²) in [5.74, 6) is -0.585. The zero-order valence-corrected chi connectivity index (χ0v) is 56.2. The number of amides is 7. The molecule has 0 aliphatic carbocycles. The third-order valence-electron chi connectivity index (χ3n) is 16.4. The highest BCUT2D eigenvalue weighted by molar-refractivity contribution is 6.31. The predicted octanol–water partition coefficient (Wildman–Crippen LogP) is 5.89. The summed E-state index contributed by atoms with van der Waals surface area (Å²) in [6.45, 7) is 6.37. The molecule has 0 radical (unpaired) electrons. The Balaban J connectivity index is 0.000000128. The van der Waals surface area contributed by atoms with E-state index in [4.69, 9.17) is 60.6 Å². The molecule has 3 fully saturated rings. The van der Waals surface area contributed by atoms with Gasteiger partial charge in [-0.25, -0.2) is 69.0 Å². The summed E-state index contributed by atoms with van der Waals surface area (Å²) in [4.78, 5) is 152. The monoisotopic (exact) mass is 1440 g/mol. The highest BCUT2D eigenvalue weighted by atomic mass is 35.5. The van der Waals surface area contributed by atoms with Gasteiger partial charge in [0.25, 0.3) is 23.6 Å². The van der Waals surface area contributed by atoms with Crippen molar-refractivity contribution in [1.29, 1.82) is 0 Å². The lowest BCUT2D eigenvalue weighted by molar-refractivity contribution is -0.864. The summed E-state index contributed by atoms with van der Waals surface area (Å²) >= 11 is 23.4. The number of aromatic nitrogens is 12. The Bertz CT molecular complexity index is 4220. The number of aliphatic hydroxyl groups is 1. The summed E-state index contributed by atoms with van der Waals surface area (Å²) in [6, 6.07) is 12.7. The maximum atomic E-state index is 12.8. The second-order valence-corrected chi connectivity index (χ2v) is 24.8. The van der Waals surface area contributed by atoms with Crippen molar-refractivity contribution >= 4 is 112 Å². The minimum atomic E-state index is -1.17. The van der Waals surface area contributed by atoms with E-state index in [1.165, 1.54) is 94.0 Å². The lowest BCUT2D eigenvalue weighted by Crippen LogP contribution is -2.55. The number of piperazine rings is 3. The first kappa shape index (κ1) is 69.5. The molecule has 1 unspecified atom stereocenters. The van der Waals surface area contributed by atoms with Crippen molar-refractivity contribution in [3.8, 4) is 0 Å². The predicted molar refractivity (Wildman–Crippen MR) is 354 cm³/mol. The number of aliphatic hydroxyl groups excluding tert-OH is 1. The average molecular weight is 1450 g/mol. The Kier molecular flexibility index (Phi) is 20.8. The Hall–Kier alpha value is -10.4. The lowest BCUT2D eigenvalue weighted by atomic mass is 10.3. The van der Waals surface area contributed by atoms with Crippen LogP contribution in [0.3, 0.4) is 0 Å². The van der Waals surface area contributed by atoms with Crippen LogP contribution < -0.4 is 19.6 Å². The second kappa shape index (κ2) is 30.0. The number of quaternary nitrogens is 1. The van der Waals surface area contributed by atoms with Crippen LogP contribution in [0.2, 0.25) is 20.1 Å². The van der Waals surface area contributed by atoms with Crippen molar-refractivity contribution < 1.29 is 57.5 Å². The van der Waals surface area contributed by atoms with Gasteiger partial charge in [0.05, 0.1) is 53.3 Å². The second-order valence-electron chi connectivity index (χ2n) is 23.1. The molecule has 34 nitrogen and oxygen atoms in total. The van der Waals surface area contributed by atoms with Crippen LogP contribution in [0.5, 0.6) is 0 Å². The van der Waals surface area contributed by atoms with Gasteiger partial charge in [-0.15, -0.1) is 0 Å². The number of anilines is 4. The van der Waals surface area contributed by atoms with E-state index in [1.807, 2.05) is 14.1 Å². The van der Waals surface area contributed by atoms with Gasteiger partial charge in [-0.1, -0.05) is 46.4 Å². The van der Waals surface area contributed by atoms with Crippen LogP contribution in [0.1, 0.15) is 89.6 Å². The van der Waals surface area contributed by atoms with Crippen molar-refractivity contribution in [2.45, 2.75) is 24.9 Å². The van der Waals surface area contributed by atoms with E-state index in [-0.39, 0.29) is 66.2 Å². The third kappa shape index (κ3) is 14.9. The van der Waals surface area contributed by atoms with Gasteiger partial charge in [0.2, 0.25) is 18.7 Å². The van der Waals surface area contributed by atoms with Crippen LogP contribution >= 0.6 is 46.4 Å². The summed E-state index contributed by atoms with van der Waals surface area (Å²) in [6.07, 6.45) is 11.1. The molecule has 3 saturated heterocycles. The van der Waals surface area contributed by atoms with Gasteiger partial charge in [0.15, 0.2) is 29.0 Å². The van der Waals surface area contributed by atoms with Crippen molar-refractivity contribution in [2.24, 2.45) is 0 Å². The maximum Gasteiger partial charge on any atom is 0.412 e. The SMILES string of the molecule is CN1CCN(C(=O)O[C@H]2c3nccnc3C(=O)N2c2ccc(Cl)cn2)CC1.CN1CCN(C(=O)O[C@H]2c3nccnc3C(=O)N2c2ccc(Cl)cn2)CC1.C[N+]1([O-])CCN(C(=O)O[C@H]2c3nccnc3C(=O)N2c2ccc(Cl)cn2)CC1.O=C1c2nccnc2C(O)N1c1ccc(Cl)cn1. The Morgan fingerprint density at radius 3 is 0.950 bits per heavy atom. The molecule has 0 saturated carbocycles. The topological polar surface area (TPSA) is 374 Å². The fourth-order valence-corrected chi connectivity index (χ4v) is 11.4. The molecule has 7 amide bonds. The summed E-state index contributed by atoms with van der Waals surface area (Å²) < 4.78 is 16.6. The first-order chi connectivity index (χ1) is 48.1. The number of carbonyl (C=O) groups excluding carboxylic acids is 7. The molecule has 38 heteroatoms. The fourth-order valence-electron chi connectivity index (χ4n) is 11.0. The van der Waals surface area contributed by atoms with Crippen LogP contribution in [0.25, 0.3) is 0 Å². The molecule has 0 bridgehead atoms. The number of hydrogen-bond donors (Lipinski definition) is 1. The average Bonchev–Trinajstić information content (AvgIpc) is 1.64. The van der Waals surface area contributed by atoms with Crippen LogP contribution in [0.4, 0.5) is 37.7 Å². The van der Waals surface area contributed by atoms with E-state index in [1.54, 1.807) is 65.4 Å². The van der Waals surface area contributed by atoms with Gasteiger partial charge in [-0.05, 0) is 62.6 Å². The first-order valence-corrected chi connectivity index (χ1v) is 32.2. The molecule has 100 heavy (non-hydrogen) atoms. The molecule has 7 aliphatic heterocycles. The molecule has 8 aromatic rings. The van der Waals surface area contributed by atoms with Gasteiger partial charge < -0.3 is 48.8 Å². The molecule has 7 aliphatic rings. The fraction of sp³-hybridized carbons (Fsp3) is 0.306. The largest absolute Gasteiger partial charge is 0.633 e. The zero-order chi connectivity index (χ0) is 70.5. The number of hydroxylamine groups is 3. The molecule has 15 rings (SSSR count). The van der Waals surface area contributed by atoms with Gasteiger partial charge in [0, 0.05) is 127 Å². The zero-order valence-electron chi connectivity index (χ0n) is 53.1. The molecule has 0 aromatic carbocycles. The molecule has 8 aromatic heterocycles. The highest BCUT2D eigenvalue weighted by Crippen LogP contribution is 2.40. The van der Waals surface area contributed by atoms with Gasteiger partial charge in [-0.3, -0.25) is 48.9 Å². The number of fused-ring (bicyclic) bond motifs is 4. The van der Waals surface area contributed by atoms with Crippen molar-refractivity contribution in [3.05, 3.63) is 194 Å². The van der Waals surface area contributed by atoms with E-state index < -0.39 is 71.5 Å². The highest BCUT2D eigenvalue weighted by Gasteiger charge is 2.48. The number of nitrogens with zero attached hydrogens (tertiary/aromatic N) is 22. The molecule has 4 atom stereocenters. The standard InChI is InChI=1S/C17H17ClN6O4.2C17H17ClN6O3.C11H7ClN4O2/c1-24(27)8-6-22(7-9-24)17(26)28-16-14-13(19-4-5-20-14)15(25)23(16)12-3-2-11(18)10-21-12;2*1-22-6-8-23(9-7-22)17(26)27-16-14-13(19-4-5-20-14)15(25)24(16)12-3-2-11(18)10-21-12;12-6-1-2-7(15-5-6)16-10(17)8-9(11(16)18)14-4-3-13-8/h2-5,10,16H,6-9H2,1H3;2*2-5,10,16H,6-9H2,1H3;1-5,10,17H/t3*16-;/m000./s1. The number of carbonyl (C=O) groups is 7. The number of halogens is 4. The van der Waals surface area contributed by atoms with Crippen LogP contribution in [-0.4, -0.2) is 236 Å². The molecule has 15 heterocycles. The van der Waals surface area contributed by atoms with Crippen molar-refractivity contribution in [2.75, 3.05) is 119 Å². The van der Waals surface area contributed by atoms with Crippen molar-refractivity contribution in [3.63, 3.8) is 0 Å². The van der Waals surface area contributed by atoms with E-state index in [2.05, 4.69) is 69.6 Å². The van der Waals surface area contributed by atoms with Gasteiger partial charge >= 0.3 is 18.3 Å². The van der Waals surface area contributed by atoms with Crippen LogP contribution in [-0.2, 0) is 14.2 Å². The Morgan fingerprint density at radius 1 is 0.400 bits per heavy atom. The minimum Gasteiger partial charge on any atom is -0.633 e. The summed E-state index contributed by atoms with van der Waals surface area (Å²) in [5, 5.41) is 23.8. The van der Waals surface area contributed by atoms with Crippen LogP contribution in [0, 0.1) is 5.21 Å². The van der Waals surface area contributed by atoms with E-state index in [0.29, 0.717) is 75.1 Å². The minimum absolute atomic E-state index is 0.0968. The number of hydrogen-bond acceptors (Lipinski definition) is 26. The molecule has 1 N–H and O–H groups in total. The summed E-state index contributed by atoms with van der Waals surface area (Å²) in [5.41, 5.74) is 1.58. The number of rotatable bonds is 7. The number of pyridine rings is 4. The van der Waals surface area contributed by atoms with Crippen LogP contribution in [0.15, 0.2) is 123 Å². The lowest BCUT2D eigenvalue weighted by Gasteiger charge is -2.44. The Labute approximate surface area is 588 Å². The molecular formula is C62H58Cl4N22O12. The smallest absolute Gasteiger partial charge is 0.412 e. The quantitative estimate of drug-likeness (QED) is 0.110. The van der Waals surface area contributed by atoms with Gasteiger partial charge in [-0.2, -0.15) is 0 Å². The van der Waals surface area contributed by atoms with E-state index >= 15 is 0 Å². The van der Waals surface area contributed by atoms with E-state index in [0.717, 1.165) is 31.1 Å². The van der Waals surface area contributed by atoms with Crippen molar-refractivity contribution in [1.82, 2.24) is 84.3 Å². The molecule has 0 spiro atoms. The van der Waals surface area contributed by atoms with E-state index in [9.17, 15) is 43.9 Å². The summed E-state index contributed by atoms with van der Waals surface area (Å²) in [7, 11) is 5.56. The first-order valence-electron chi connectivity index (χ1n) is 30.6. The number of ether oxygens (including phenoxy) is 3. The maximum absolute atomic E-state index is 12.8.